The van der Waals surface area contributed by atoms with Crippen molar-refractivity contribution in [2.24, 2.45) is 0 Å². The number of carbonyl (C=O) groups is 1. The molecule has 132 valence electrons. The van der Waals surface area contributed by atoms with Gasteiger partial charge >= 0.3 is 0 Å². The maximum absolute atomic E-state index is 11.8. The van der Waals surface area contributed by atoms with Gasteiger partial charge in [0, 0.05) is 63.3 Å². The molecule has 1 aliphatic heterocycles. The quantitative estimate of drug-likeness (QED) is 0.836. The first-order chi connectivity index (χ1) is 12.1. The van der Waals surface area contributed by atoms with Crippen LogP contribution in [0, 0.1) is 0 Å². The van der Waals surface area contributed by atoms with Gasteiger partial charge in [0.15, 0.2) is 0 Å². The van der Waals surface area contributed by atoms with Crippen molar-refractivity contribution in [3.63, 3.8) is 0 Å². The third-order valence-electron chi connectivity index (χ3n) is 4.60. The van der Waals surface area contributed by atoms with E-state index in [1.807, 2.05) is 12.1 Å². The molecule has 0 aliphatic carbocycles. The zero-order chi connectivity index (χ0) is 17.6. The number of carbonyl (C=O) groups excluding carboxylic acids is 1. The van der Waals surface area contributed by atoms with Crippen LogP contribution in [-0.2, 0) is 11.2 Å². The molecule has 6 heteroatoms. The first kappa shape index (κ1) is 17.3. The summed E-state index contributed by atoms with van der Waals surface area (Å²) in [4.78, 5) is 29.2. The van der Waals surface area contributed by atoms with Crippen molar-refractivity contribution in [1.29, 1.82) is 0 Å². The molecular formula is C19H25N5O. The highest BCUT2D eigenvalue weighted by atomic mass is 16.2. The Morgan fingerprint density at radius 1 is 1.24 bits per heavy atom. The molecule has 0 saturated carbocycles. The summed E-state index contributed by atoms with van der Waals surface area (Å²) in [5, 5.41) is 0. The van der Waals surface area contributed by atoms with E-state index in [9.17, 15) is 4.79 Å². The van der Waals surface area contributed by atoms with Gasteiger partial charge in [0.2, 0.25) is 11.9 Å². The molecule has 0 N–H and O–H groups in total. The molecule has 1 saturated heterocycles. The van der Waals surface area contributed by atoms with E-state index < -0.39 is 0 Å². The number of anilines is 1. The normalized spacial score (nSPS) is 17.4. The van der Waals surface area contributed by atoms with Crippen LogP contribution in [0.5, 0.6) is 0 Å². The maximum atomic E-state index is 11.8. The number of pyridine rings is 1. The summed E-state index contributed by atoms with van der Waals surface area (Å²) in [6.07, 6.45) is 6.98. The molecule has 2 aromatic rings. The van der Waals surface area contributed by atoms with Gasteiger partial charge in [-0.25, -0.2) is 9.97 Å². The van der Waals surface area contributed by atoms with Crippen LogP contribution in [-0.4, -0.2) is 52.9 Å². The topological polar surface area (TPSA) is 62.2 Å². The average Bonchev–Trinajstić information content (AvgIpc) is 2.67. The van der Waals surface area contributed by atoms with Crippen LogP contribution in [0.1, 0.15) is 36.6 Å². The second-order valence-electron chi connectivity index (χ2n) is 6.68. The molecule has 1 amide bonds. The number of nitrogens with zero attached hydrogens (tertiary/aromatic N) is 5. The summed E-state index contributed by atoms with van der Waals surface area (Å²) in [6.45, 7) is 1.87. The molecule has 0 aromatic carbocycles. The predicted octanol–water partition coefficient (Wildman–Crippen LogP) is 2.28. The Balaban J connectivity index is 1.67. The second kappa shape index (κ2) is 8.05. The summed E-state index contributed by atoms with van der Waals surface area (Å²) in [7, 11) is 3.57. The van der Waals surface area contributed by atoms with Gasteiger partial charge in [-0.1, -0.05) is 6.07 Å². The van der Waals surface area contributed by atoms with Gasteiger partial charge in [-0.15, -0.1) is 0 Å². The Morgan fingerprint density at radius 2 is 2.04 bits per heavy atom. The van der Waals surface area contributed by atoms with Crippen molar-refractivity contribution in [2.45, 2.75) is 31.6 Å². The number of amides is 1. The molecule has 1 aliphatic rings. The van der Waals surface area contributed by atoms with Gasteiger partial charge in [0.25, 0.3) is 0 Å². The van der Waals surface area contributed by atoms with E-state index in [1.165, 1.54) is 0 Å². The SMILES string of the molecule is CN(C)C(=O)CCc1cccc(C2CCCN(c3ncccn3)C2)n1. The minimum atomic E-state index is 0.136. The molecule has 2 aromatic heterocycles. The van der Waals surface area contributed by atoms with Gasteiger partial charge in [-0.2, -0.15) is 0 Å². The summed E-state index contributed by atoms with van der Waals surface area (Å²) in [5.74, 6) is 1.30. The van der Waals surface area contributed by atoms with Crippen molar-refractivity contribution in [3.05, 3.63) is 48.0 Å². The minimum Gasteiger partial charge on any atom is -0.349 e. The fraction of sp³-hybridized carbons (Fsp3) is 0.474. The van der Waals surface area contributed by atoms with Gasteiger partial charge in [-0.05, 0) is 37.5 Å². The Hall–Kier alpha value is -2.50. The van der Waals surface area contributed by atoms with E-state index in [0.29, 0.717) is 18.8 Å². The smallest absolute Gasteiger partial charge is 0.225 e. The van der Waals surface area contributed by atoms with Crippen LogP contribution in [0.25, 0.3) is 0 Å². The monoisotopic (exact) mass is 339 g/mol. The largest absolute Gasteiger partial charge is 0.349 e. The van der Waals surface area contributed by atoms with E-state index >= 15 is 0 Å². The molecule has 6 nitrogen and oxygen atoms in total. The number of aryl methyl sites for hydroxylation is 1. The number of piperidine rings is 1. The van der Waals surface area contributed by atoms with E-state index in [2.05, 4.69) is 27.0 Å². The Kier molecular flexibility index (Phi) is 5.58. The van der Waals surface area contributed by atoms with E-state index in [0.717, 1.165) is 43.3 Å². The van der Waals surface area contributed by atoms with Gasteiger partial charge in [0.05, 0.1) is 0 Å². The van der Waals surface area contributed by atoms with Gasteiger partial charge in [-0.3, -0.25) is 9.78 Å². The molecule has 3 rings (SSSR count). The van der Waals surface area contributed by atoms with Crippen molar-refractivity contribution < 1.29 is 4.79 Å². The van der Waals surface area contributed by atoms with E-state index in [1.54, 1.807) is 31.4 Å². The number of rotatable bonds is 5. The fourth-order valence-corrected chi connectivity index (χ4v) is 3.18. The van der Waals surface area contributed by atoms with Crippen molar-refractivity contribution in [1.82, 2.24) is 19.9 Å². The fourth-order valence-electron chi connectivity index (χ4n) is 3.18. The summed E-state index contributed by atoms with van der Waals surface area (Å²) in [6, 6.07) is 7.99. The van der Waals surface area contributed by atoms with Crippen LogP contribution in [0.15, 0.2) is 36.7 Å². The lowest BCUT2D eigenvalue weighted by Gasteiger charge is -2.32. The molecule has 3 heterocycles. The first-order valence-electron chi connectivity index (χ1n) is 8.81. The van der Waals surface area contributed by atoms with Crippen LogP contribution >= 0.6 is 0 Å². The molecule has 0 bridgehead atoms. The first-order valence-corrected chi connectivity index (χ1v) is 8.81. The molecule has 0 spiro atoms. The summed E-state index contributed by atoms with van der Waals surface area (Å²) >= 11 is 0. The predicted molar refractivity (Wildman–Crippen MR) is 97.5 cm³/mol. The van der Waals surface area contributed by atoms with Crippen molar-refractivity contribution in [2.75, 3.05) is 32.1 Å². The van der Waals surface area contributed by atoms with Crippen LogP contribution < -0.4 is 4.90 Å². The summed E-state index contributed by atoms with van der Waals surface area (Å²) < 4.78 is 0. The highest BCUT2D eigenvalue weighted by molar-refractivity contribution is 5.75. The third kappa shape index (κ3) is 4.53. The van der Waals surface area contributed by atoms with Crippen LogP contribution in [0.3, 0.4) is 0 Å². The van der Waals surface area contributed by atoms with Gasteiger partial charge < -0.3 is 9.80 Å². The molecule has 1 fully saturated rings. The molecular weight excluding hydrogens is 314 g/mol. The minimum absolute atomic E-state index is 0.136. The second-order valence-corrected chi connectivity index (χ2v) is 6.68. The third-order valence-corrected chi connectivity index (χ3v) is 4.60. The lowest BCUT2D eigenvalue weighted by molar-refractivity contribution is -0.128. The Labute approximate surface area is 148 Å². The van der Waals surface area contributed by atoms with Gasteiger partial charge in [0.1, 0.15) is 0 Å². The number of hydrogen-bond acceptors (Lipinski definition) is 5. The highest BCUT2D eigenvalue weighted by Gasteiger charge is 2.24. The van der Waals surface area contributed by atoms with Crippen LogP contribution in [0.4, 0.5) is 5.95 Å². The number of hydrogen-bond donors (Lipinski definition) is 0. The summed E-state index contributed by atoms with van der Waals surface area (Å²) in [5.41, 5.74) is 2.09. The zero-order valence-corrected chi connectivity index (χ0v) is 14.9. The Bertz CT molecular complexity index is 704. The lowest BCUT2D eigenvalue weighted by atomic mass is 9.94. The molecule has 0 radical (unpaired) electrons. The van der Waals surface area contributed by atoms with E-state index in [4.69, 9.17) is 4.98 Å². The highest BCUT2D eigenvalue weighted by Crippen LogP contribution is 2.27. The van der Waals surface area contributed by atoms with E-state index in [-0.39, 0.29) is 5.91 Å². The standard InChI is InChI=1S/C19H25N5O/c1-23(2)18(25)10-9-16-7-3-8-17(22-16)15-6-4-13-24(14-15)19-20-11-5-12-21-19/h3,5,7-8,11-12,15H,4,6,9-10,13-14H2,1-2H3. The lowest BCUT2D eigenvalue weighted by Crippen LogP contribution is -2.35. The van der Waals surface area contributed by atoms with Crippen LogP contribution in [0.2, 0.25) is 0 Å². The zero-order valence-electron chi connectivity index (χ0n) is 14.9. The van der Waals surface area contributed by atoms with Crippen molar-refractivity contribution >= 4 is 11.9 Å². The average molecular weight is 339 g/mol. The molecule has 1 atom stereocenters. The number of aromatic nitrogens is 3. The maximum Gasteiger partial charge on any atom is 0.225 e. The van der Waals surface area contributed by atoms with Crippen molar-refractivity contribution in [3.8, 4) is 0 Å². The Morgan fingerprint density at radius 3 is 2.80 bits per heavy atom. The molecule has 1 unspecified atom stereocenters. The molecule has 25 heavy (non-hydrogen) atoms.